The van der Waals surface area contributed by atoms with Crippen LogP contribution in [0.15, 0.2) is 29.0 Å². The van der Waals surface area contributed by atoms with Gasteiger partial charge in [-0.2, -0.15) is 24.5 Å². The molecule has 114 valence electrons. The summed E-state index contributed by atoms with van der Waals surface area (Å²) < 4.78 is 38.4. The number of aromatic nitrogens is 1. The molecule has 8 heteroatoms. The highest BCUT2D eigenvalue weighted by molar-refractivity contribution is 7.07. The van der Waals surface area contributed by atoms with Crippen molar-refractivity contribution < 1.29 is 13.2 Å². The van der Waals surface area contributed by atoms with Crippen molar-refractivity contribution in [2.75, 3.05) is 10.7 Å². The SMILES string of the molecule is CC(Cc1ccsc1)Nc1cc(C(F)(F)F)cc(NN)n1. The first-order chi connectivity index (χ1) is 9.88. The number of alkyl halides is 3. The first-order valence-electron chi connectivity index (χ1n) is 6.22. The molecule has 21 heavy (non-hydrogen) atoms. The maximum atomic E-state index is 12.8. The van der Waals surface area contributed by atoms with Crippen LogP contribution in [0.5, 0.6) is 0 Å². The Bertz CT molecular complexity index is 584. The highest BCUT2D eigenvalue weighted by atomic mass is 32.1. The summed E-state index contributed by atoms with van der Waals surface area (Å²) in [5, 5.41) is 6.93. The van der Waals surface area contributed by atoms with E-state index in [-0.39, 0.29) is 17.7 Å². The first-order valence-corrected chi connectivity index (χ1v) is 7.16. The van der Waals surface area contributed by atoms with Crippen LogP contribution >= 0.6 is 11.3 Å². The standard InChI is InChI=1S/C13H15F3N4S/c1-8(4-9-2-3-21-7-9)18-11-5-10(13(14,15)16)6-12(19-11)20-17/h2-3,5-8H,4,17H2,1H3,(H2,18,19,20). The van der Waals surface area contributed by atoms with Crippen molar-refractivity contribution in [1.29, 1.82) is 0 Å². The summed E-state index contributed by atoms with van der Waals surface area (Å²) in [4.78, 5) is 3.99. The second kappa shape index (κ2) is 6.31. The van der Waals surface area contributed by atoms with E-state index in [0.29, 0.717) is 6.42 Å². The lowest BCUT2D eigenvalue weighted by atomic mass is 10.1. The number of hydrazine groups is 1. The Kier molecular flexibility index (Phi) is 4.69. The van der Waals surface area contributed by atoms with Gasteiger partial charge in [-0.3, -0.25) is 0 Å². The van der Waals surface area contributed by atoms with E-state index in [9.17, 15) is 13.2 Å². The predicted octanol–water partition coefficient (Wildman–Crippen LogP) is 3.49. The normalized spacial score (nSPS) is 13.0. The van der Waals surface area contributed by atoms with Crippen molar-refractivity contribution in [3.05, 3.63) is 40.1 Å². The van der Waals surface area contributed by atoms with Crippen LogP contribution in [0.4, 0.5) is 24.8 Å². The fourth-order valence-corrected chi connectivity index (χ4v) is 2.59. The maximum Gasteiger partial charge on any atom is 0.416 e. The fourth-order valence-electron chi connectivity index (χ4n) is 1.91. The molecule has 1 unspecified atom stereocenters. The van der Waals surface area contributed by atoms with Crippen LogP contribution in [-0.2, 0) is 12.6 Å². The largest absolute Gasteiger partial charge is 0.416 e. The van der Waals surface area contributed by atoms with Gasteiger partial charge < -0.3 is 10.7 Å². The van der Waals surface area contributed by atoms with Crippen LogP contribution < -0.4 is 16.6 Å². The number of hydrogen-bond donors (Lipinski definition) is 3. The van der Waals surface area contributed by atoms with Gasteiger partial charge in [-0.05, 0) is 47.9 Å². The summed E-state index contributed by atoms with van der Waals surface area (Å²) in [7, 11) is 0. The molecule has 0 aliphatic heterocycles. The zero-order chi connectivity index (χ0) is 15.5. The summed E-state index contributed by atoms with van der Waals surface area (Å²) in [6.07, 6.45) is -3.74. The number of hydrogen-bond acceptors (Lipinski definition) is 5. The van der Waals surface area contributed by atoms with Crippen LogP contribution in [0, 0.1) is 0 Å². The quantitative estimate of drug-likeness (QED) is 0.584. The molecule has 4 N–H and O–H groups in total. The van der Waals surface area contributed by atoms with E-state index in [1.165, 1.54) is 0 Å². The predicted molar refractivity (Wildman–Crippen MR) is 78.2 cm³/mol. The van der Waals surface area contributed by atoms with E-state index < -0.39 is 11.7 Å². The molecular formula is C13H15F3N4S. The average Bonchev–Trinajstić information content (AvgIpc) is 2.89. The lowest BCUT2D eigenvalue weighted by Gasteiger charge is -2.16. The molecular weight excluding hydrogens is 301 g/mol. The van der Waals surface area contributed by atoms with Crippen LogP contribution in [0.2, 0.25) is 0 Å². The van der Waals surface area contributed by atoms with Gasteiger partial charge in [-0.25, -0.2) is 10.8 Å². The second-order valence-electron chi connectivity index (χ2n) is 4.65. The lowest BCUT2D eigenvalue weighted by Crippen LogP contribution is -2.20. The van der Waals surface area contributed by atoms with Crippen molar-refractivity contribution in [2.45, 2.75) is 25.6 Å². The molecule has 4 nitrogen and oxygen atoms in total. The minimum atomic E-state index is -4.44. The number of anilines is 2. The summed E-state index contributed by atoms with van der Waals surface area (Å²) >= 11 is 1.58. The molecule has 2 rings (SSSR count). The number of pyridine rings is 1. The van der Waals surface area contributed by atoms with E-state index in [0.717, 1.165) is 17.7 Å². The van der Waals surface area contributed by atoms with E-state index in [1.807, 2.05) is 23.8 Å². The monoisotopic (exact) mass is 316 g/mol. The number of rotatable bonds is 5. The molecule has 0 spiro atoms. The molecule has 1 atom stereocenters. The van der Waals surface area contributed by atoms with Crippen molar-refractivity contribution >= 4 is 23.0 Å². The van der Waals surface area contributed by atoms with Crippen molar-refractivity contribution in [3.63, 3.8) is 0 Å². The second-order valence-corrected chi connectivity index (χ2v) is 5.43. The summed E-state index contributed by atoms with van der Waals surface area (Å²) in [5.41, 5.74) is 2.48. The Balaban J connectivity index is 2.15. The van der Waals surface area contributed by atoms with Crippen LogP contribution in [0.25, 0.3) is 0 Å². The zero-order valence-electron chi connectivity index (χ0n) is 11.2. The molecule has 0 amide bonds. The van der Waals surface area contributed by atoms with Gasteiger partial charge in [0.2, 0.25) is 0 Å². The first kappa shape index (κ1) is 15.6. The highest BCUT2D eigenvalue weighted by Crippen LogP contribution is 2.32. The van der Waals surface area contributed by atoms with Gasteiger partial charge in [0.15, 0.2) is 0 Å². The molecule has 0 aromatic carbocycles. The average molecular weight is 316 g/mol. The van der Waals surface area contributed by atoms with Gasteiger partial charge in [-0.1, -0.05) is 0 Å². The maximum absolute atomic E-state index is 12.8. The van der Waals surface area contributed by atoms with Gasteiger partial charge in [0.25, 0.3) is 0 Å². The van der Waals surface area contributed by atoms with Crippen molar-refractivity contribution in [2.24, 2.45) is 5.84 Å². The number of thiophene rings is 1. The Labute approximate surface area is 124 Å². The molecule has 0 bridgehead atoms. The van der Waals surface area contributed by atoms with Crippen LogP contribution in [-0.4, -0.2) is 11.0 Å². The third kappa shape index (κ3) is 4.33. The minimum absolute atomic E-state index is 0.0324. The number of nitrogen functional groups attached to an aromatic ring is 1. The minimum Gasteiger partial charge on any atom is -0.367 e. The topological polar surface area (TPSA) is 63.0 Å². The number of nitrogens with two attached hydrogens (primary N) is 1. The Morgan fingerprint density at radius 1 is 1.33 bits per heavy atom. The highest BCUT2D eigenvalue weighted by Gasteiger charge is 2.31. The van der Waals surface area contributed by atoms with E-state index in [4.69, 9.17) is 5.84 Å². The molecule has 0 aliphatic carbocycles. The molecule has 0 saturated heterocycles. The van der Waals surface area contributed by atoms with Gasteiger partial charge in [-0.15, -0.1) is 0 Å². The van der Waals surface area contributed by atoms with E-state index in [2.05, 4.69) is 15.7 Å². The van der Waals surface area contributed by atoms with E-state index in [1.54, 1.807) is 11.3 Å². The summed E-state index contributed by atoms with van der Waals surface area (Å²) in [6, 6.07) is 3.77. The van der Waals surface area contributed by atoms with Crippen molar-refractivity contribution in [3.8, 4) is 0 Å². The fraction of sp³-hybridized carbons (Fsp3) is 0.308. The smallest absolute Gasteiger partial charge is 0.367 e. The van der Waals surface area contributed by atoms with Gasteiger partial charge in [0.1, 0.15) is 11.6 Å². The number of nitrogens with one attached hydrogen (secondary N) is 2. The van der Waals surface area contributed by atoms with Crippen LogP contribution in [0.1, 0.15) is 18.1 Å². The molecule has 0 saturated carbocycles. The Morgan fingerprint density at radius 3 is 2.62 bits per heavy atom. The van der Waals surface area contributed by atoms with E-state index >= 15 is 0 Å². The van der Waals surface area contributed by atoms with Gasteiger partial charge >= 0.3 is 6.18 Å². The molecule has 0 fully saturated rings. The van der Waals surface area contributed by atoms with Gasteiger partial charge in [0.05, 0.1) is 5.56 Å². The van der Waals surface area contributed by atoms with Gasteiger partial charge in [0, 0.05) is 6.04 Å². The Morgan fingerprint density at radius 2 is 2.05 bits per heavy atom. The Hall–Kier alpha value is -1.80. The van der Waals surface area contributed by atoms with Crippen LogP contribution in [0.3, 0.4) is 0 Å². The third-order valence-corrected chi connectivity index (χ3v) is 3.55. The number of nitrogens with zero attached hydrogens (tertiary/aromatic N) is 1. The lowest BCUT2D eigenvalue weighted by molar-refractivity contribution is -0.137. The third-order valence-electron chi connectivity index (χ3n) is 2.82. The molecule has 2 heterocycles. The molecule has 2 aromatic rings. The summed E-state index contributed by atoms with van der Waals surface area (Å²) in [5.74, 6) is 5.27. The molecule has 0 aliphatic rings. The molecule has 2 aromatic heterocycles. The molecule has 0 radical (unpaired) electrons. The number of halogens is 3. The summed E-state index contributed by atoms with van der Waals surface area (Å²) in [6.45, 7) is 1.88. The zero-order valence-corrected chi connectivity index (χ0v) is 12.1. The van der Waals surface area contributed by atoms with Crippen molar-refractivity contribution in [1.82, 2.24) is 4.98 Å².